The van der Waals surface area contributed by atoms with Crippen molar-refractivity contribution < 1.29 is 26.7 Å². The van der Waals surface area contributed by atoms with Gasteiger partial charge >= 0.3 is 5.97 Å². The summed E-state index contributed by atoms with van der Waals surface area (Å²) in [5, 5.41) is 10.6. The van der Waals surface area contributed by atoms with E-state index in [2.05, 4.69) is 16.6 Å². The fourth-order valence-corrected chi connectivity index (χ4v) is 6.63. The Hall–Kier alpha value is -2.97. The van der Waals surface area contributed by atoms with Crippen LogP contribution in [0.2, 0.25) is 0 Å². The summed E-state index contributed by atoms with van der Waals surface area (Å²) < 4.78 is 52.4. The summed E-state index contributed by atoms with van der Waals surface area (Å²) in [6, 6.07) is 16.0. The predicted molar refractivity (Wildman–Crippen MR) is 116 cm³/mol. The van der Waals surface area contributed by atoms with Crippen LogP contribution in [0, 0.1) is 11.8 Å². The van der Waals surface area contributed by atoms with Gasteiger partial charge in [0.1, 0.15) is 10.3 Å². The van der Waals surface area contributed by atoms with Crippen LogP contribution in [-0.2, 0) is 24.7 Å². The predicted octanol–water partition coefficient (Wildman–Crippen LogP) is 2.75. The lowest BCUT2D eigenvalue weighted by Crippen LogP contribution is -2.40. The number of carbonyl (C=O) groups is 1. The van der Waals surface area contributed by atoms with Gasteiger partial charge in [0.05, 0.1) is 9.79 Å². The minimum Gasteiger partial charge on any atom is -0.480 e. The van der Waals surface area contributed by atoms with Gasteiger partial charge in [-0.2, -0.15) is 4.72 Å². The highest BCUT2D eigenvalue weighted by Crippen LogP contribution is 2.28. The van der Waals surface area contributed by atoms with Gasteiger partial charge < -0.3 is 5.11 Å². The zero-order chi connectivity index (χ0) is 22.5. The summed E-state index contributed by atoms with van der Waals surface area (Å²) in [7, 11) is -8.15. The van der Waals surface area contributed by atoms with E-state index in [1.165, 1.54) is 17.5 Å². The second kappa shape index (κ2) is 9.45. The molecule has 31 heavy (non-hydrogen) atoms. The number of rotatable bonds is 7. The average molecular weight is 476 g/mol. The minimum atomic E-state index is -4.27. The lowest BCUT2D eigenvalue weighted by Gasteiger charge is -2.11. The summed E-state index contributed by atoms with van der Waals surface area (Å²) in [4.78, 5) is 11.4. The van der Waals surface area contributed by atoms with Crippen LogP contribution in [0.25, 0.3) is 0 Å². The summed E-state index contributed by atoms with van der Waals surface area (Å²) in [6.45, 7) is 0. The van der Waals surface area contributed by atoms with Crippen LogP contribution in [0.3, 0.4) is 0 Å². The third kappa shape index (κ3) is 5.59. The molecule has 1 aromatic heterocycles. The number of hydrogen-bond acceptors (Lipinski definition) is 6. The van der Waals surface area contributed by atoms with E-state index in [1.54, 1.807) is 42.5 Å². The standard InChI is InChI=1S/C21H17NO6S3/c23-21(24)19(13-7-10-16-8-3-1-4-9-16)22-31(27,28)20-14-18(15-29-20)30(25,26)17-11-5-2-6-12-17/h1-6,8-9,11-12,14-15,19,22H,13H2,(H,23,24). The lowest BCUT2D eigenvalue weighted by molar-refractivity contribution is -0.138. The van der Waals surface area contributed by atoms with Crippen molar-refractivity contribution in [2.75, 3.05) is 0 Å². The van der Waals surface area contributed by atoms with Crippen molar-refractivity contribution in [3.05, 3.63) is 77.7 Å². The number of thiophene rings is 1. The molecule has 0 aliphatic heterocycles. The topological polar surface area (TPSA) is 118 Å². The first-order valence-corrected chi connectivity index (χ1v) is 12.7. The summed E-state index contributed by atoms with van der Waals surface area (Å²) >= 11 is 0.694. The highest BCUT2D eigenvalue weighted by molar-refractivity contribution is 7.93. The highest BCUT2D eigenvalue weighted by Gasteiger charge is 2.28. The molecule has 2 aromatic carbocycles. The number of aliphatic carboxylic acids is 1. The van der Waals surface area contributed by atoms with Gasteiger partial charge in [0.25, 0.3) is 10.0 Å². The van der Waals surface area contributed by atoms with Gasteiger partial charge in [-0.1, -0.05) is 48.2 Å². The molecule has 1 atom stereocenters. The molecule has 2 N–H and O–H groups in total. The van der Waals surface area contributed by atoms with Crippen LogP contribution < -0.4 is 4.72 Å². The van der Waals surface area contributed by atoms with Crippen molar-refractivity contribution in [3.63, 3.8) is 0 Å². The molecule has 7 nitrogen and oxygen atoms in total. The Labute approximate surface area is 184 Å². The largest absolute Gasteiger partial charge is 0.480 e. The molecular weight excluding hydrogens is 458 g/mol. The van der Waals surface area contributed by atoms with Gasteiger partial charge in [-0.25, -0.2) is 16.8 Å². The Morgan fingerprint density at radius 3 is 2.19 bits per heavy atom. The molecule has 3 aromatic rings. The van der Waals surface area contributed by atoms with E-state index in [4.69, 9.17) is 0 Å². The van der Waals surface area contributed by atoms with Gasteiger partial charge in [-0.3, -0.25) is 4.79 Å². The number of benzene rings is 2. The molecule has 0 spiro atoms. The molecule has 0 aliphatic rings. The quantitative estimate of drug-likeness (QED) is 0.508. The summed E-state index contributed by atoms with van der Waals surface area (Å²) in [6.07, 6.45) is -0.260. The van der Waals surface area contributed by atoms with E-state index in [0.29, 0.717) is 16.9 Å². The number of nitrogens with one attached hydrogen (secondary N) is 1. The number of carboxylic acid groups (broad SMARTS) is 1. The van der Waals surface area contributed by atoms with E-state index in [-0.39, 0.29) is 20.4 Å². The van der Waals surface area contributed by atoms with Crippen molar-refractivity contribution in [3.8, 4) is 11.8 Å². The molecule has 0 saturated heterocycles. The van der Waals surface area contributed by atoms with Crippen LogP contribution in [0.1, 0.15) is 12.0 Å². The monoisotopic (exact) mass is 475 g/mol. The van der Waals surface area contributed by atoms with Crippen LogP contribution in [0.15, 0.2) is 86.1 Å². The molecule has 0 amide bonds. The van der Waals surface area contributed by atoms with Crippen LogP contribution in [-0.4, -0.2) is 34.0 Å². The Bertz CT molecular complexity index is 1340. The summed E-state index contributed by atoms with van der Waals surface area (Å²) in [5.74, 6) is 4.04. The second-order valence-corrected chi connectivity index (χ2v) is 11.1. The third-order valence-corrected chi connectivity index (χ3v) is 8.90. The van der Waals surface area contributed by atoms with E-state index in [0.717, 1.165) is 6.07 Å². The maximum atomic E-state index is 12.7. The Morgan fingerprint density at radius 2 is 1.58 bits per heavy atom. The zero-order valence-corrected chi connectivity index (χ0v) is 18.4. The second-order valence-electron chi connectivity index (χ2n) is 6.30. The Balaban J connectivity index is 1.79. The number of carboxylic acids is 1. The van der Waals surface area contributed by atoms with Gasteiger partial charge in [0.2, 0.25) is 9.84 Å². The van der Waals surface area contributed by atoms with Crippen molar-refractivity contribution in [2.45, 2.75) is 26.5 Å². The lowest BCUT2D eigenvalue weighted by atomic mass is 10.2. The molecule has 10 heteroatoms. The first-order chi connectivity index (χ1) is 14.7. The molecule has 0 bridgehead atoms. The molecule has 160 valence electrons. The molecule has 0 fully saturated rings. The molecule has 3 rings (SSSR count). The molecule has 0 aliphatic carbocycles. The fourth-order valence-electron chi connectivity index (χ4n) is 2.52. The number of sulfonamides is 1. The third-order valence-electron chi connectivity index (χ3n) is 4.09. The molecule has 0 radical (unpaired) electrons. The van der Waals surface area contributed by atoms with Crippen molar-refractivity contribution >= 4 is 37.2 Å². The van der Waals surface area contributed by atoms with E-state index in [1.807, 2.05) is 6.07 Å². The first kappa shape index (κ1) is 22.7. The van der Waals surface area contributed by atoms with Crippen LogP contribution in [0.5, 0.6) is 0 Å². The molecule has 0 saturated carbocycles. The SMILES string of the molecule is O=C(O)C(CC#Cc1ccccc1)NS(=O)(=O)c1cc(S(=O)(=O)c2ccccc2)cs1. The summed E-state index contributed by atoms with van der Waals surface area (Å²) in [5.41, 5.74) is 0.670. The average Bonchev–Trinajstić information content (AvgIpc) is 3.26. The first-order valence-electron chi connectivity index (χ1n) is 8.88. The van der Waals surface area contributed by atoms with Crippen LogP contribution in [0.4, 0.5) is 0 Å². The van der Waals surface area contributed by atoms with Crippen molar-refractivity contribution in [1.82, 2.24) is 4.72 Å². The minimum absolute atomic E-state index is 0.0318. The van der Waals surface area contributed by atoms with Gasteiger partial charge in [-0.05, 0) is 30.3 Å². The van der Waals surface area contributed by atoms with Crippen LogP contribution >= 0.6 is 11.3 Å². The fraction of sp³-hybridized carbons (Fsp3) is 0.0952. The van der Waals surface area contributed by atoms with Crippen molar-refractivity contribution in [1.29, 1.82) is 0 Å². The zero-order valence-electron chi connectivity index (χ0n) is 15.9. The van der Waals surface area contributed by atoms with Gasteiger partial charge in [-0.15, -0.1) is 11.3 Å². The normalized spacial score (nSPS) is 12.5. The van der Waals surface area contributed by atoms with E-state index < -0.39 is 31.9 Å². The number of hydrogen-bond donors (Lipinski definition) is 2. The molecule has 1 unspecified atom stereocenters. The van der Waals surface area contributed by atoms with Crippen molar-refractivity contribution in [2.24, 2.45) is 0 Å². The molecule has 1 heterocycles. The maximum Gasteiger partial charge on any atom is 0.322 e. The van der Waals surface area contributed by atoms with Gasteiger partial charge in [0.15, 0.2) is 0 Å². The van der Waals surface area contributed by atoms with Gasteiger partial charge in [0, 0.05) is 17.4 Å². The Kier molecular flexibility index (Phi) is 6.92. The van der Waals surface area contributed by atoms with E-state index >= 15 is 0 Å². The Morgan fingerprint density at radius 1 is 0.968 bits per heavy atom. The maximum absolute atomic E-state index is 12.7. The number of sulfone groups is 1. The molecular formula is C21H17NO6S3. The highest BCUT2D eigenvalue weighted by atomic mass is 32.2. The smallest absolute Gasteiger partial charge is 0.322 e. The van der Waals surface area contributed by atoms with E-state index in [9.17, 15) is 26.7 Å².